The van der Waals surface area contributed by atoms with Gasteiger partial charge in [0.1, 0.15) is 0 Å². The third-order valence-corrected chi connectivity index (χ3v) is 3.79. The van der Waals surface area contributed by atoms with Gasteiger partial charge in [-0.3, -0.25) is 0 Å². The van der Waals surface area contributed by atoms with Gasteiger partial charge in [0.2, 0.25) is 0 Å². The van der Waals surface area contributed by atoms with Crippen molar-refractivity contribution in [3.05, 3.63) is 82.8 Å². The first-order valence-electron chi connectivity index (χ1n) is 7.85. The Morgan fingerprint density at radius 1 is 1.15 bits per heavy atom. The highest BCUT2D eigenvalue weighted by Crippen LogP contribution is 2.20. The van der Waals surface area contributed by atoms with E-state index in [1.54, 1.807) is 24.1 Å². The van der Waals surface area contributed by atoms with E-state index >= 15 is 0 Å². The molecule has 0 unspecified atom stereocenters. The van der Waals surface area contributed by atoms with Gasteiger partial charge in [-0.25, -0.2) is 4.39 Å². The van der Waals surface area contributed by atoms with E-state index in [4.69, 9.17) is 16.4 Å². The Hall–Kier alpha value is -2.99. The summed E-state index contributed by atoms with van der Waals surface area (Å²) in [6.07, 6.45) is 2.60. The van der Waals surface area contributed by atoms with Gasteiger partial charge in [0.15, 0.2) is 11.6 Å². The molecule has 3 rings (SSSR count). The molecule has 132 valence electrons. The maximum atomic E-state index is 14.1. The second kappa shape index (κ2) is 8.40. The van der Waals surface area contributed by atoms with Gasteiger partial charge in [0.05, 0.1) is 12.4 Å². The molecule has 1 aromatic heterocycles. The van der Waals surface area contributed by atoms with Gasteiger partial charge in [-0.15, -0.1) is 0 Å². The molecule has 0 aliphatic heterocycles. The van der Waals surface area contributed by atoms with E-state index < -0.39 is 5.82 Å². The lowest BCUT2D eigenvalue weighted by atomic mass is 10.2. The topological polar surface area (TPSA) is 50.6 Å². The number of hydrogen-bond acceptors (Lipinski definition) is 5. The smallest absolute Gasteiger partial charge is 0.347 e. The zero-order chi connectivity index (χ0) is 18.4. The third kappa shape index (κ3) is 4.77. The molecule has 26 heavy (non-hydrogen) atoms. The van der Waals surface area contributed by atoms with Crippen molar-refractivity contribution in [2.75, 3.05) is 11.9 Å². The van der Waals surface area contributed by atoms with Crippen LogP contribution in [0, 0.1) is 5.82 Å². The summed E-state index contributed by atoms with van der Waals surface area (Å²) in [6.45, 7) is 0.456. The van der Waals surface area contributed by atoms with Gasteiger partial charge >= 0.3 is 6.01 Å². The van der Waals surface area contributed by atoms with Crippen molar-refractivity contribution in [1.82, 2.24) is 9.97 Å². The first-order valence-corrected chi connectivity index (χ1v) is 8.23. The van der Waals surface area contributed by atoms with Gasteiger partial charge < -0.3 is 9.74 Å². The lowest BCUT2D eigenvalue weighted by Crippen LogP contribution is -2.19. The fourth-order valence-electron chi connectivity index (χ4n) is 2.27. The van der Waals surface area contributed by atoms with Gasteiger partial charge in [-0.1, -0.05) is 59.2 Å². The van der Waals surface area contributed by atoms with Crippen LogP contribution in [-0.2, 0) is 6.54 Å². The molecule has 0 bridgehead atoms. The SMILES string of the molecule is CN(Cc1ccc(Cl)cc1)c1nc(ON=Cc2ccccc2)ncc1F. The summed E-state index contributed by atoms with van der Waals surface area (Å²) < 4.78 is 14.1. The number of nitrogens with zero attached hydrogens (tertiary/aromatic N) is 4. The van der Waals surface area contributed by atoms with E-state index in [0.717, 1.165) is 17.3 Å². The van der Waals surface area contributed by atoms with Crippen molar-refractivity contribution >= 4 is 23.6 Å². The minimum Gasteiger partial charge on any atom is -0.353 e. The van der Waals surface area contributed by atoms with Crippen LogP contribution in [0.15, 0.2) is 65.9 Å². The molecule has 7 heteroatoms. The second-order valence-corrected chi connectivity index (χ2v) is 5.98. The van der Waals surface area contributed by atoms with Crippen LogP contribution in [0.25, 0.3) is 0 Å². The third-order valence-electron chi connectivity index (χ3n) is 3.53. The average molecular weight is 371 g/mol. The molecule has 0 saturated carbocycles. The van der Waals surface area contributed by atoms with Crippen molar-refractivity contribution in [3.63, 3.8) is 0 Å². The molecular formula is C19H16ClFN4O. The molecule has 3 aromatic rings. The zero-order valence-electron chi connectivity index (χ0n) is 14.0. The van der Waals surface area contributed by atoms with Gasteiger partial charge in [-0.2, -0.15) is 9.97 Å². The molecule has 0 radical (unpaired) electrons. The van der Waals surface area contributed by atoms with Crippen LogP contribution >= 0.6 is 11.6 Å². The molecule has 0 aliphatic carbocycles. The van der Waals surface area contributed by atoms with Gasteiger partial charge in [-0.05, 0) is 23.3 Å². The number of oxime groups is 1. The number of anilines is 1. The molecule has 0 fully saturated rings. The van der Waals surface area contributed by atoms with Crippen LogP contribution < -0.4 is 9.74 Å². The van der Waals surface area contributed by atoms with Crippen LogP contribution in [0.5, 0.6) is 6.01 Å². The number of rotatable bonds is 6. The molecule has 0 atom stereocenters. The number of aromatic nitrogens is 2. The van der Waals surface area contributed by atoms with E-state index in [2.05, 4.69) is 15.1 Å². The molecule has 2 aromatic carbocycles. The molecule has 1 heterocycles. The summed E-state index contributed by atoms with van der Waals surface area (Å²) in [5, 5.41) is 4.48. The second-order valence-electron chi connectivity index (χ2n) is 5.54. The molecule has 0 saturated heterocycles. The molecule has 5 nitrogen and oxygen atoms in total. The molecule has 0 spiro atoms. The highest BCUT2D eigenvalue weighted by molar-refractivity contribution is 6.30. The predicted octanol–water partition coefficient (Wildman–Crippen LogP) is 4.32. The first-order chi connectivity index (χ1) is 12.6. The van der Waals surface area contributed by atoms with Crippen molar-refractivity contribution in [2.24, 2.45) is 5.16 Å². The molecular weight excluding hydrogens is 355 g/mol. The van der Waals surface area contributed by atoms with Crippen molar-refractivity contribution < 1.29 is 9.23 Å². The van der Waals surface area contributed by atoms with Crippen LogP contribution in [0.3, 0.4) is 0 Å². The Morgan fingerprint density at radius 3 is 2.62 bits per heavy atom. The Kier molecular flexibility index (Phi) is 5.76. The summed E-state index contributed by atoms with van der Waals surface area (Å²) >= 11 is 5.88. The standard InChI is InChI=1S/C19H16ClFN4O/c1-25(13-15-7-9-16(20)10-8-15)18-17(21)12-22-19(24-18)26-23-11-14-5-3-2-4-6-14/h2-12H,13H2,1H3. The lowest BCUT2D eigenvalue weighted by molar-refractivity contribution is 0.313. The van der Waals surface area contributed by atoms with Crippen molar-refractivity contribution in [2.45, 2.75) is 6.54 Å². The predicted molar refractivity (Wildman–Crippen MR) is 100 cm³/mol. The van der Waals surface area contributed by atoms with E-state index in [0.29, 0.717) is 11.6 Å². The number of hydrogen-bond donors (Lipinski definition) is 0. The maximum Gasteiger partial charge on any atom is 0.347 e. The monoisotopic (exact) mass is 370 g/mol. The Balaban J connectivity index is 1.70. The Bertz CT molecular complexity index is 888. The fourth-order valence-corrected chi connectivity index (χ4v) is 2.39. The largest absolute Gasteiger partial charge is 0.353 e. The Morgan fingerprint density at radius 2 is 1.88 bits per heavy atom. The fraction of sp³-hybridized carbons (Fsp3) is 0.105. The highest BCUT2D eigenvalue weighted by Gasteiger charge is 2.13. The van der Waals surface area contributed by atoms with Crippen LogP contribution in [0.1, 0.15) is 11.1 Å². The first kappa shape index (κ1) is 17.8. The number of halogens is 2. The summed E-state index contributed by atoms with van der Waals surface area (Å²) in [4.78, 5) is 14.7. The number of benzene rings is 2. The summed E-state index contributed by atoms with van der Waals surface area (Å²) in [7, 11) is 1.73. The van der Waals surface area contributed by atoms with Gasteiger partial charge in [0, 0.05) is 18.6 Å². The minimum atomic E-state index is -0.541. The summed E-state index contributed by atoms with van der Waals surface area (Å²) in [5.74, 6) is -0.416. The van der Waals surface area contributed by atoms with E-state index in [1.165, 1.54) is 6.21 Å². The van der Waals surface area contributed by atoms with Crippen LogP contribution in [-0.4, -0.2) is 23.2 Å². The van der Waals surface area contributed by atoms with Crippen LogP contribution in [0.2, 0.25) is 5.02 Å². The van der Waals surface area contributed by atoms with E-state index in [9.17, 15) is 4.39 Å². The lowest BCUT2D eigenvalue weighted by Gasteiger charge is -2.18. The van der Waals surface area contributed by atoms with E-state index in [1.807, 2.05) is 42.5 Å². The maximum absolute atomic E-state index is 14.1. The van der Waals surface area contributed by atoms with Crippen molar-refractivity contribution in [3.8, 4) is 6.01 Å². The van der Waals surface area contributed by atoms with E-state index in [-0.39, 0.29) is 11.8 Å². The average Bonchev–Trinajstić information content (AvgIpc) is 2.66. The summed E-state index contributed by atoms with van der Waals surface area (Å²) in [6, 6.07) is 16.7. The molecule has 0 aliphatic rings. The normalized spacial score (nSPS) is 10.9. The van der Waals surface area contributed by atoms with Crippen molar-refractivity contribution in [1.29, 1.82) is 0 Å². The minimum absolute atomic E-state index is 0.0310. The Labute approximate surface area is 155 Å². The quantitative estimate of drug-likeness (QED) is 0.479. The summed E-state index contributed by atoms with van der Waals surface area (Å²) in [5.41, 5.74) is 1.84. The highest BCUT2D eigenvalue weighted by atomic mass is 35.5. The molecule has 0 N–H and O–H groups in total. The van der Waals surface area contributed by atoms with Gasteiger partial charge in [0.25, 0.3) is 0 Å². The molecule has 0 amide bonds. The van der Waals surface area contributed by atoms with Crippen LogP contribution in [0.4, 0.5) is 10.2 Å². The zero-order valence-corrected chi connectivity index (χ0v) is 14.8.